The highest BCUT2D eigenvalue weighted by atomic mass is 16.5. The van der Waals surface area contributed by atoms with E-state index in [1.807, 2.05) is 48.5 Å². The lowest BCUT2D eigenvalue weighted by molar-refractivity contribution is 0.243. The molecular weight excluding hydrogens is 548 g/mol. The molecule has 0 unspecified atom stereocenters. The second kappa shape index (κ2) is 16.0. The minimum Gasteiger partial charge on any atom is -0.493 e. The van der Waals surface area contributed by atoms with Gasteiger partial charge in [0.15, 0.2) is 0 Å². The van der Waals surface area contributed by atoms with Crippen LogP contribution in [0.1, 0.15) is 66.9 Å². The van der Waals surface area contributed by atoms with Crippen molar-refractivity contribution in [3.63, 3.8) is 0 Å². The predicted molar refractivity (Wildman–Crippen MR) is 183 cm³/mol. The molecule has 44 heavy (non-hydrogen) atoms. The third-order valence-corrected chi connectivity index (χ3v) is 8.17. The maximum Gasteiger partial charge on any atom is 0.142 e. The van der Waals surface area contributed by atoms with Crippen LogP contribution in [0.2, 0.25) is 0 Å². The second-order valence-corrected chi connectivity index (χ2v) is 12.3. The highest BCUT2D eigenvalue weighted by molar-refractivity contribution is 5.82. The van der Waals surface area contributed by atoms with Gasteiger partial charge in [-0.25, -0.2) is 4.98 Å². The number of benzene rings is 3. The van der Waals surface area contributed by atoms with E-state index in [2.05, 4.69) is 75.4 Å². The number of imidazole rings is 1. The van der Waals surface area contributed by atoms with E-state index in [0.717, 1.165) is 97.5 Å². The first-order valence-corrected chi connectivity index (χ1v) is 16.4. The Bertz CT molecular complexity index is 1430. The van der Waals surface area contributed by atoms with E-state index in [-0.39, 0.29) is 5.41 Å². The normalized spacial score (nSPS) is 11.9. The molecule has 3 aromatic carbocycles. The number of aromatic nitrogens is 2. The topological polar surface area (TPSA) is 62.9 Å². The van der Waals surface area contributed by atoms with Gasteiger partial charge in [-0.15, -0.1) is 0 Å². The largest absolute Gasteiger partial charge is 0.493 e. The minimum absolute atomic E-state index is 0.104. The molecule has 4 rings (SSSR count). The summed E-state index contributed by atoms with van der Waals surface area (Å²) in [5, 5.41) is 0. The molecule has 0 amide bonds. The summed E-state index contributed by atoms with van der Waals surface area (Å²) in [6.07, 6.45) is 1.94. The van der Waals surface area contributed by atoms with Gasteiger partial charge in [0.25, 0.3) is 0 Å². The van der Waals surface area contributed by atoms with Crippen molar-refractivity contribution in [2.24, 2.45) is 0 Å². The quantitative estimate of drug-likeness (QED) is 0.123. The SMILES string of the molecule is CCN(CC)CCCOc1ccc(-c2nc3ccc(Oc4ccc(C(C)(C)C)cc4)cc3[nH]2)c(OCCCN(CC)CC)c1. The number of hydrogen-bond acceptors (Lipinski definition) is 6. The number of nitrogens with one attached hydrogen (secondary N) is 1. The Morgan fingerprint density at radius 2 is 1.27 bits per heavy atom. The molecule has 0 bridgehead atoms. The molecule has 0 aliphatic heterocycles. The Labute approximate surface area is 264 Å². The Balaban J connectivity index is 1.51. The standard InChI is InChI=1S/C37H52N4O3/c1-8-40(9-2)22-12-24-42-30-18-20-32(35(27-30)43-25-13-23-41(10-3)11-4)36-38-33-21-19-31(26-34(33)39-36)44-29-16-14-28(15-17-29)37(5,6)7/h14-21,26-27H,8-13,22-25H2,1-7H3,(H,38,39). The number of hydrogen-bond donors (Lipinski definition) is 1. The molecule has 0 saturated carbocycles. The highest BCUT2D eigenvalue weighted by Gasteiger charge is 2.15. The van der Waals surface area contributed by atoms with E-state index in [4.69, 9.17) is 19.2 Å². The van der Waals surface area contributed by atoms with E-state index in [1.165, 1.54) is 5.56 Å². The van der Waals surface area contributed by atoms with Gasteiger partial charge in [0, 0.05) is 25.2 Å². The van der Waals surface area contributed by atoms with Crippen molar-refractivity contribution in [3.8, 4) is 34.4 Å². The van der Waals surface area contributed by atoms with Crippen LogP contribution in [0.5, 0.6) is 23.0 Å². The smallest absolute Gasteiger partial charge is 0.142 e. The zero-order valence-corrected chi connectivity index (χ0v) is 27.9. The lowest BCUT2D eigenvalue weighted by atomic mass is 9.87. The lowest BCUT2D eigenvalue weighted by Crippen LogP contribution is -2.25. The molecule has 238 valence electrons. The fraction of sp³-hybridized carbons (Fsp3) is 0.486. The van der Waals surface area contributed by atoms with Crippen LogP contribution >= 0.6 is 0 Å². The van der Waals surface area contributed by atoms with Crippen molar-refractivity contribution in [3.05, 3.63) is 66.2 Å². The summed E-state index contributed by atoms with van der Waals surface area (Å²) >= 11 is 0. The first kappa shape index (κ1) is 33.3. The zero-order valence-electron chi connectivity index (χ0n) is 27.9. The first-order chi connectivity index (χ1) is 21.2. The van der Waals surface area contributed by atoms with Crippen LogP contribution in [0.15, 0.2) is 60.7 Å². The average molecular weight is 601 g/mol. The molecule has 1 N–H and O–H groups in total. The Kier molecular flexibility index (Phi) is 12.1. The fourth-order valence-corrected chi connectivity index (χ4v) is 5.27. The van der Waals surface area contributed by atoms with Crippen LogP contribution in [-0.4, -0.2) is 72.3 Å². The van der Waals surface area contributed by atoms with Gasteiger partial charge < -0.3 is 29.0 Å². The molecule has 7 heteroatoms. The van der Waals surface area contributed by atoms with Gasteiger partial charge in [-0.3, -0.25) is 0 Å². The summed E-state index contributed by atoms with van der Waals surface area (Å²) in [5.74, 6) is 3.93. The van der Waals surface area contributed by atoms with E-state index in [0.29, 0.717) is 13.2 Å². The van der Waals surface area contributed by atoms with Crippen molar-refractivity contribution in [2.45, 2.75) is 66.7 Å². The molecule has 1 aromatic heterocycles. The molecule has 7 nitrogen and oxygen atoms in total. The van der Waals surface area contributed by atoms with Crippen molar-refractivity contribution >= 4 is 11.0 Å². The maximum absolute atomic E-state index is 6.38. The van der Waals surface area contributed by atoms with E-state index in [9.17, 15) is 0 Å². The summed E-state index contributed by atoms with van der Waals surface area (Å²) in [5.41, 5.74) is 4.08. The van der Waals surface area contributed by atoms with Gasteiger partial charge in [-0.05, 0) is 86.4 Å². The molecule has 0 fully saturated rings. The predicted octanol–water partition coefficient (Wildman–Crippen LogP) is 8.54. The molecule has 4 aromatic rings. The number of aromatic amines is 1. The van der Waals surface area contributed by atoms with Crippen LogP contribution in [0.4, 0.5) is 0 Å². The molecule has 0 aliphatic rings. The zero-order chi connectivity index (χ0) is 31.5. The molecule has 0 saturated heterocycles. The van der Waals surface area contributed by atoms with E-state index < -0.39 is 0 Å². The molecule has 0 aliphatic carbocycles. The van der Waals surface area contributed by atoms with Gasteiger partial charge >= 0.3 is 0 Å². The van der Waals surface area contributed by atoms with Gasteiger partial charge in [-0.1, -0.05) is 60.6 Å². The molecule has 0 radical (unpaired) electrons. The Morgan fingerprint density at radius 3 is 1.89 bits per heavy atom. The van der Waals surface area contributed by atoms with E-state index in [1.54, 1.807) is 0 Å². The average Bonchev–Trinajstić information content (AvgIpc) is 3.44. The molecule has 0 spiro atoms. The number of nitrogens with zero attached hydrogens (tertiary/aromatic N) is 3. The second-order valence-electron chi connectivity index (χ2n) is 12.3. The number of H-pyrrole nitrogens is 1. The summed E-state index contributed by atoms with van der Waals surface area (Å²) in [6.45, 7) is 23.0. The molecule has 1 heterocycles. The summed E-state index contributed by atoms with van der Waals surface area (Å²) in [6, 6.07) is 20.3. The third-order valence-electron chi connectivity index (χ3n) is 8.17. The van der Waals surface area contributed by atoms with Crippen molar-refractivity contribution in [2.75, 3.05) is 52.5 Å². The van der Waals surface area contributed by atoms with Crippen molar-refractivity contribution in [1.29, 1.82) is 0 Å². The summed E-state index contributed by atoms with van der Waals surface area (Å²) in [4.78, 5) is 13.2. The van der Waals surface area contributed by atoms with Gasteiger partial charge in [0.2, 0.25) is 0 Å². The monoisotopic (exact) mass is 600 g/mol. The van der Waals surface area contributed by atoms with Crippen LogP contribution in [0, 0.1) is 0 Å². The van der Waals surface area contributed by atoms with E-state index >= 15 is 0 Å². The third kappa shape index (κ3) is 9.23. The van der Waals surface area contributed by atoms with Crippen LogP contribution < -0.4 is 14.2 Å². The summed E-state index contributed by atoms with van der Waals surface area (Å²) < 4.78 is 18.7. The summed E-state index contributed by atoms with van der Waals surface area (Å²) in [7, 11) is 0. The lowest BCUT2D eigenvalue weighted by Gasteiger charge is -2.19. The highest BCUT2D eigenvalue weighted by Crippen LogP contribution is 2.35. The van der Waals surface area contributed by atoms with Gasteiger partial charge in [-0.2, -0.15) is 0 Å². The number of rotatable bonds is 17. The minimum atomic E-state index is 0.104. The van der Waals surface area contributed by atoms with Crippen molar-refractivity contribution < 1.29 is 14.2 Å². The number of fused-ring (bicyclic) bond motifs is 1. The Hall–Kier alpha value is -3.55. The van der Waals surface area contributed by atoms with Crippen LogP contribution in [-0.2, 0) is 5.41 Å². The Morgan fingerprint density at radius 1 is 0.682 bits per heavy atom. The van der Waals surface area contributed by atoms with Gasteiger partial charge in [0.05, 0.1) is 29.8 Å². The molecular formula is C37H52N4O3. The van der Waals surface area contributed by atoms with Gasteiger partial charge in [0.1, 0.15) is 28.8 Å². The van der Waals surface area contributed by atoms with Crippen molar-refractivity contribution in [1.82, 2.24) is 19.8 Å². The van der Waals surface area contributed by atoms with Crippen LogP contribution in [0.25, 0.3) is 22.4 Å². The van der Waals surface area contributed by atoms with Crippen LogP contribution in [0.3, 0.4) is 0 Å². The molecule has 0 atom stereocenters. The maximum atomic E-state index is 6.38. The first-order valence-electron chi connectivity index (χ1n) is 16.4. The number of ether oxygens (including phenoxy) is 3. The fourth-order valence-electron chi connectivity index (χ4n) is 5.27.